The Morgan fingerprint density at radius 1 is 1.44 bits per heavy atom. The van der Waals surface area contributed by atoms with Crippen LogP contribution in [-0.4, -0.2) is 40.0 Å². The molecule has 3 rings (SSSR count). The fourth-order valence-corrected chi connectivity index (χ4v) is 3.92. The molecule has 1 atom stereocenters. The molecule has 0 amide bonds. The Bertz CT molecular complexity index is 755. The molecule has 0 N–H and O–H groups in total. The van der Waals surface area contributed by atoms with Gasteiger partial charge in [-0.25, -0.2) is 9.78 Å². The number of hydrogen-bond donors (Lipinski definition) is 0. The van der Waals surface area contributed by atoms with Crippen LogP contribution in [0.15, 0.2) is 5.38 Å². The first-order valence-electron chi connectivity index (χ1n) is 8.44. The number of fused-ring (bicyclic) bond motifs is 1. The van der Waals surface area contributed by atoms with Crippen LogP contribution >= 0.6 is 11.3 Å². The van der Waals surface area contributed by atoms with Crippen LogP contribution in [0.25, 0.3) is 0 Å². The summed E-state index contributed by atoms with van der Waals surface area (Å²) in [5, 5.41) is 9.52. The normalized spacial score (nSPS) is 15.2. The minimum absolute atomic E-state index is 0.0424. The van der Waals surface area contributed by atoms with Crippen molar-refractivity contribution < 1.29 is 14.4 Å². The predicted molar refractivity (Wildman–Crippen MR) is 94.3 cm³/mol. The predicted octanol–water partition coefficient (Wildman–Crippen LogP) is 2.90. The van der Waals surface area contributed by atoms with Gasteiger partial charge in [-0.1, -0.05) is 0 Å². The van der Waals surface area contributed by atoms with Gasteiger partial charge in [0.2, 0.25) is 0 Å². The molecule has 0 spiro atoms. The molecule has 1 unspecified atom stereocenters. The Labute approximate surface area is 151 Å². The molecular weight excluding hydrogens is 340 g/mol. The lowest BCUT2D eigenvalue weighted by molar-refractivity contribution is -0.169. The van der Waals surface area contributed by atoms with Gasteiger partial charge in [0.1, 0.15) is 5.56 Å². The first-order valence-corrected chi connectivity index (χ1v) is 9.32. The smallest absolute Gasteiger partial charge is 0.341 e. The van der Waals surface area contributed by atoms with Crippen molar-refractivity contribution in [2.75, 3.05) is 14.2 Å². The number of carbonyl (C=O) groups is 1. The Balaban J connectivity index is 1.90. The second-order valence-electron chi connectivity index (χ2n) is 6.17. The van der Waals surface area contributed by atoms with Gasteiger partial charge in [-0.05, 0) is 33.1 Å². The molecule has 0 saturated carbocycles. The second-order valence-corrected chi connectivity index (χ2v) is 7.23. The first kappa shape index (κ1) is 18.0. The summed E-state index contributed by atoms with van der Waals surface area (Å²) >= 11 is 1.61. The molecule has 7 nitrogen and oxygen atoms in total. The van der Waals surface area contributed by atoms with Gasteiger partial charge in [-0.15, -0.1) is 11.3 Å². The van der Waals surface area contributed by atoms with Gasteiger partial charge >= 0.3 is 5.97 Å². The summed E-state index contributed by atoms with van der Waals surface area (Å²) in [6.45, 7) is 5.26. The standard InChI is InChI=1S/C17H24N4O3S/c1-11(14-10-25-12(2)18-14)21(24-4)9-13-16(17(22)23-3)15-7-5-6-8-20(15)19-13/h10-11H,5-9H2,1-4H3. The molecule has 0 aromatic carbocycles. The fraction of sp³-hybridized carbons (Fsp3) is 0.588. The molecule has 2 aromatic rings. The van der Waals surface area contributed by atoms with Crippen molar-refractivity contribution in [2.24, 2.45) is 0 Å². The molecular formula is C17H24N4O3S. The van der Waals surface area contributed by atoms with Crippen LogP contribution < -0.4 is 0 Å². The summed E-state index contributed by atoms with van der Waals surface area (Å²) in [5.41, 5.74) is 3.21. The molecule has 0 bridgehead atoms. The summed E-state index contributed by atoms with van der Waals surface area (Å²) in [4.78, 5) is 22.5. The second kappa shape index (κ2) is 7.63. The van der Waals surface area contributed by atoms with Crippen molar-refractivity contribution in [1.82, 2.24) is 19.8 Å². The number of hydroxylamine groups is 2. The quantitative estimate of drug-likeness (QED) is 0.580. The van der Waals surface area contributed by atoms with Crippen molar-refractivity contribution in [2.45, 2.75) is 52.2 Å². The number of aryl methyl sites for hydroxylation is 2. The van der Waals surface area contributed by atoms with Gasteiger partial charge in [-0.3, -0.25) is 4.68 Å². The zero-order valence-electron chi connectivity index (χ0n) is 15.1. The minimum atomic E-state index is -0.327. The summed E-state index contributed by atoms with van der Waals surface area (Å²) in [5.74, 6) is -0.327. The van der Waals surface area contributed by atoms with Crippen molar-refractivity contribution in [3.05, 3.63) is 33.0 Å². The number of esters is 1. The number of aromatic nitrogens is 3. The van der Waals surface area contributed by atoms with E-state index in [1.54, 1.807) is 23.5 Å². The van der Waals surface area contributed by atoms with Crippen LogP contribution in [0.5, 0.6) is 0 Å². The highest BCUT2D eigenvalue weighted by Crippen LogP contribution is 2.27. The summed E-state index contributed by atoms with van der Waals surface area (Å²) in [6.07, 6.45) is 3.00. The third-order valence-electron chi connectivity index (χ3n) is 4.59. The Morgan fingerprint density at radius 2 is 2.24 bits per heavy atom. The molecule has 0 fully saturated rings. The Kier molecular flexibility index (Phi) is 5.51. The SMILES string of the molecule is COC(=O)c1c(CN(OC)C(C)c2csc(C)n2)nn2c1CCCC2. The van der Waals surface area contributed by atoms with E-state index in [0.717, 1.165) is 42.2 Å². The molecule has 136 valence electrons. The zero-order chi connectivity index (χ0) is 18.0. The topological polar surface area (TPSA) is 69.5 Å². The number of thiazole rings is 1. The number of ether oxygens (including phenoxy) is 1. The van der Waals surface area contributed by atoms with Crippen LogP contribution in [0.4, 0.5) is 0 Å². The largest absolute Gasteiger partial charge is 0.465 e. The molecule has 0 aliphatic carbocycles. The van der Waals surface area contributed by atoms with E-state index in [2.05, 4.69) is 10.1 Å². The van der Waals surface area contributed by atoms with E-state index < -0.39 is 0 Å². The van der Waals surface area contributed by atoms with Crippen molar-refractivity contribution in [3.8, 4) is 0 Å². The molecule has 1 aliphatic heterocycles. The molecule has 2 aromatic heterocycles. The highest BCUT2D eigenvalue weighted by atomic mass is 32.1. The summed E-state index contributed by atoms with van der Waals surface area (Å²) in [6, 6.07) is -0.0424. The van der Waals surface area contributed by atoms with Crippen LogP contribution in [0, 0.1) is 6.92 Å². The maximum absolute atomic E-state index is 12.3. The molecule has 25 heavy (non-hydrogen) atoms. The van der Waals surface area contributed by atoms with E-state index >= 15 is 0 Å². The van der Waals surface area contributed by atoms with Crippen LogP contribution in [0.3, 0.4) is 0 Å². The number of rotatable bonds is 6. The van der Waals surface area contributed by atoms with Crippen molar-refractivity contribution in [3.63, 3.8) is 0 Å². The average Bonchev–Trinajstić information content (AvgIpc) is 3.21. The van der Waals surface area contributed by atoms with Gasteiger partial charge in [0.15, 0.2) is 0 Å². The molecule has 0 radical (unpaired) electrons. The van der Waals surface area contributed by atoms with E-state index in [1.165, 1.54) is 7.11 Å². The van der Waals surface area contributed by atoms with Gasteiger partial charge in [-0.2, -0.15) is 10.2 Å². The maximum atomic E-state index is 12.3. The van der Waals surface area contributed by atoms with E-state index in [1.807, 2.05) is 23.9 Å². The van der Waals surface area contributed by atoms with Crippen molar-refractivity contribution in [1.29, 1.82) is 0 Å². The Hall–Kier alpha value is -1.77. The Morgan fingerprint density at radius 3 is 2.88 bits per heavy atom. The van der Waals surface area contributed by atoms with E-state index in [-0.39, 0.29) is 12.0 Å². The number of carbonyl (C=O) groups excluding carboxylic acids is 1. The van der Waals surface area contributed by atoms with Gasteiger partial charge in [0.25, 0.3) is 0 Å². The van der Waals surface area contributed by atoms with E-state index in [9.17, 15) is 4.79 Å². The van der Waals surface area contributed by atoms with Gasteiger partial charge < -0.3 is 9.57 Å². The number of hydrogen-bond acceptors (Lipinski definition) is 7. The van der Waals surface area contributed by atoms with Gasteiger partial charge in [0.05, 0.1) is 48.9 Å². The van der Waals surface area contributed by atoms with Crippen molar-refractivity contribution >= 4 is 17.3 Å². The molecule has 3 heterocycles. The fourth-order valence-electron chi connectivity index (χ4n) is 3.22. The lowest BCUT2D eigenvalue weighted by atomic mass is 10.0. The highest BCUT2D eigenvalue weighted by molar-refractivity contribution is 7.09. The zero-order valence-corrected chi connectivity index (χ0v) is 15.9. The van der Waals surface area contributed by atoms with E-state index in [4.69, 9.17) is 9.57 Å². The average molecular weight is 364 g/mol. The third kappa shape index (κ3) is 3.61. The molecule has 0 saturated heterocycles. The number of nitrogens with zero attached hydrogens (tertiary/aromatic N) is 4. The van der Waals surface area contributed by atoms with Crippen LogP contribution in [0.1, 0.15) is 58.3 Å². The van der Waals surface area contributed by atoms with Crippen LogP contribution in [0.2, 0.25) is 0 Å². The molecule has 8 heteroatoms. The monoisotopic (exact) mass is 364 g/mol. The third-order valence-corrected chi connectivity index (χ3v) is 5.38. The number of methoxy groups -OCH3 is 1. The first-order chi connectivity index (χ1) is 12.0. The lowest BCUT2D eigenvalue weighted by Gasteiger charge is -2.24. The summed E-state index contributed by atoms with van der Waals surface area (Å²) < 4.78 is 6.94. The van der Waals surface area contributed by atoms with E-state index in [0.29, 0.717) is 17.8 Å². The van der Waals surface area contributed by atoms with Gasteiger partial charge in [0, 0.05) is 11.9 Å². The molecule has 1 aliphatic rings. The lowest BCUT2D eigenvalue weighted by Crippen LogP contribution is -2.27. The highest BCUT2D eigenvalue weighted by Gasteiger charge is 2.29. The maximum Gasteiger partial charge on any atom is 0.341 e. The van der Waals surface area contributed by atoms with Crippen LogP contribution in [-0.2, 0) is 29.1 Å². The minimum Gasteiger partial charge on any atom is -0.465 e. The summed E-state index contributed by atoms with van der Waals surface area (Å²) in [7, 11) is 3.04.